The first kappa shape index (κ1) is 16.6. The van der Waals surface area contributed by atoms with Crippen LogP contribution in [0.2, 0.25) is 10.0 Å². The van der Waals surface area contributed by atoms with E-state index in [9.17, 15) is 4.79 Å². The molecule has 124 valence electrons. The van der Waals surface area contributed by atoms with Gasteiger partial charge in [-0.3, -0.25) is 4.79 Å². The van der Waals surface area contributed by atoms with Gasteiger partial charge in [0.2, 0.25) is 0 Å². The van der Waals surface area contributed by atoms with Crippen molar-refractivity contribution in [1.82, 2.24) is 14.9 Å². The molecule has 5 nitrogen and oxygen atoms in total. The van der Waals surface area contributed by atoms with Crippen molar-refractivity contribution < 1.29 is 9.53 Å². The number of carbonyl (C=O) groups excluding carboxylic acids is 1. The highest BCUT2D eigenvalue weighted by Gasteiger charge is 2.14. The van der Waals surface area contributed by atoms with Crippen molar-refractivity contribution in [3.63, 3.8) is 0 Å². The van der Waals surface area contributed by atoms with Gasteiger partial charge in [0.25, 0.3) is 5.91 Å². The normalized spacial score (nSPS) is 10.8. The van der Waals surface area contributed by atoms with Gasteiger partial charge in [-0.15, -0.1) is 0 Å². The van der Waals surface area contributed by atoms with Crippen molar-refractivity contribution in [3.05, 3.63) is 57.8 Å². The predicted molar refractivity (Wildman–Crippen MR) is 94.9 cm³/mol. The van der Waals surface area contributed by atoms with E-state index in [1.54, 1.807) is 0 Å². The maximum Gasteiger partial charge on any atom is 0.251 e. The summed E-state index contributed by atoms with van der Waals surface area (Å²) in [4.78, 5) is 16.9. The van der Waals surface area contributed by atoms with Crippen LogP contribution in [0, 0.1) is 0 Å². The second-order valence-corrected chi connectivity index (χ2v) is 6.05. The monoisotopic (exact) mass is 363 g/mol. The van der Waals surface area contributed by atoms with Crippen molar-refractivity contribution >= 4 is 40.1 Å². The van der Waals surface area contributed by atoms with E-state index in [0.29, 0.717) is 17.9 Å². The van der Waals surface area contributed by atoms with Gasteiger partial charge in [0.15, 0.2) is 5.75 Å². The third-order valence-corrected chi connectivity index (χ3v) is 4.31. The maximum atomic E-state index is 12.3. The summed E-state index contributed by atoms with van der Waals surface area (Å²) < 4.78 is 7.03. The van der Waals surface area contributed by atoms with E-state index < -0.39 is 0 Å². The third-order valence-electron chi connectivity index (χ3n) is 3.75. The highest BCUT2D eigenvalue weighted by molar-refractivity contribution is 6.37. The maximum absolute atomic E-state index is 12.3. The number of rotatable bonds is 4. The molecular formula is C17H15Cl2N3O2. The minimum atomic E-state index is -0.284. The van der Waals surface area contributed by atoms with Crippen LogP contribution in [-0.4, -0.2) is 22.6 Å². The van der Waals surface area contributed by atoms with Crippen molar-refractivity contribution in [1.29, 1.82) is 0 Å². The molecule has 0 saturated heterocycles. The fraction of sp³-hybridized carbons (Fsp3) is 0.176. The van der Waals surface area contributed by atoms with Gasteiger partial charge >= 0.3 is 0 Å². The van der Waals surface area contributed by atoms with Crippen molar-refractivity contribution in [2.75, 3.05) is 7.11 Å². The van der Waals surface area contributed by atoms with E-state index in [1.165, 1.54) is 19.2 Å². The summed E-state index contributed by atoms with van der Waals surface area (Å²) in [6.07, 6.45) is 0. The van der Waals surface area contributed by atoms with E-state index >= 15 is 0 Å². The number of hydrogen-bond acceptors (Lipinski definition) is 3. The minimum absolute atomic E-state index is 0.284. The summed E-state index contributed by atoms with van der Waals surface area (Å²) in [7, 11) is 3.39. The van der Waals surface area contributed by atoms with Gasteiger partial charge in [0.05, 0.1) is 34.7 Å². The average molecular weight is 364 g/mol. The molecule has 0 aliphatic heterocycles. The van der Waals surface area contributed by atoms with Crippen LogP contribution < -0.4 is 10.1 Å². The molecule has 1 N–H and O–H groups in total. The summed E-state index contributed by atoms with van der Waals surface area (Å²) in [5, 5.41) is 3.41. The summed E-state index contributed by atoms with van der Waals surface area (Å²) in [5.74, 6) is 0.828. The summed E-state index contributed by atoms with van der Waals surface area (Å²) in [5.41, 5.74) is 2.27. The van der Waals surface area contributed by atoms with Crippen LogP contribution in [0.15, 0.2) is 36.4 Å². The summed E-state index contributed by atoms with van der Waals surface area (Å²) >= 11 is 12.1. The zero-order chi connectivity index (χ0) is 17.3. The first-order valence-electron chi connectivity index (χ1n) is 7.23. The lowest BCUT2D eigenvalue weighted by molar-refractivity contribution is 0.0949. The number of nitrogens with zero attached hydrogens (tertiary/aromatic N) is 2. The molecule has 3 aromatic rings. The number of nitrogens with one attached hydrogen (secondary N) is 1. The lowest BCUT2D eigenvalue weighted by Gasteiger charge is -2.09. The molecule has 24 heavy (non-hydrogen) atoms. The number of fused-ring (bicyclic) bond motifs is 1. The average Bonchev–Trinajstić information content (AvgIpc) is 2.89. The van der Waals surface area contributed by atoms with E-state index in [1.807, 2.05) is 35.9 Å². The summed E-state index contributed by atoms with van der Waals surface area (Å²) in [6, 6.07) is 10.8. The highest BCUT2D eigenvalue weighted by atomic mass is 35.5. The number of imidazole rings is 1. The number of para-hydroxylation sites is 2. The Balaban J connectivity index is 1.79. The van der Waals surface area contributed by atoms with Crippen LogP contribution in [-0.2, 0) is 13.6 Å². The van der Waals surface area contributed by atoms with E-state index in [0.717, 1.165) is 16.9 Å². The van der Waals surface area contributed by atoms with E-state index in [-0.39, 0.29) is 16.0 Å². The molecule has 0 atom stereocenters. The molecule has 2 aromatic carbocycles. The van der Waals surface area contributed by atoms with Gasteiger partial charge in [-0.05, 0) is 24.3 Å². The number of hydrogen-bond donors (Lipinski definition) is 1. The largest absolute Gasteiger partial charge is 0.494 e. The molecule has 0 radical (unpaired) electrons. The second-order valence-electron chi connectivity index (χ2n) is 5.23. The predicted octanol–water partition coefficient (Wildman–Crippen LogP) is 3.82. The third kappa shape index (κ3) is 3.05. The smallest absolute Gasteiger partial charge is 0.251 e. The zero-order valence-electron chi connectivity index (χ0n) is 13.1. The lowest BCUT2D eigenvalue weighted by Crippen LogP contribution is -2.24. The molecular weight excluding hydrogens is 349 g/mol. The Kier molecular flexibility index (Phi) is 4.64. The number of aromatic nitrogens is 2. The van der Waals surface area contributed by atoms with Crippen LogP contribution in [0.3, 0.4) is 0 Å². The van der Waals surface area contributed by atoms with Crippen molar-refractivity contribution in [3.8, 4) is 5.75 Å². The summed E-state index contributed by atoms with van der Waals surface area (Å²) in [6.45, 7) is 0.297. The number of halogens is 2. The molecule has 0 saturated carbocycles. The fourth-order valence-electron chi connectivity index (χ4n) is 2.50. The molecule has 7 heteroatoms. The van der Waals surface area contributed by atoms with Crippen LogP contribution in [0.1, 0.15) is 16.2 Å². The Morgan fingerprint density at radius 3 is 2.54 bits per heavy atom. The fourth-order valence-corrected chi connectivity index (χ4v) is 3.14. The number of ether oxygens (including phenoxy) is 1. The van der Waals surface area contributed by atoms with Crippen LogP contribution in [0.5, 0.6) is 5.75 Å². The van der Waals surface area contributed by atoms with Crippen molar-refractivity contribution in [2.45, 2.75) is 6.54 Å². The van der Waals surface area contributed by atoms with Crippen LogP contribution >= 0.6 is 23.2 Å². The Hall–Kier alpha value is -2.24. The Morgan fingerprint density at radius 2 is 1.92 bits per heavy atom. The molecule has 0 aliphatic carbocycles. The zero-order valence-corrected chi connectivity index (χ0v) is 14.6. The highest BCUT2D eigenvalue weighted by Crippen LogP contribution is 2.33. The van der Waals surface area contributed by atoms with Crippen LogP contribution in [0.25, 0.3) is 11.0 Å². The number of carbonyl (C=O) groups is 1. The van der Waals surface area contributed by atoms with Gasteiger partial charge in [-0.25, -0.2) is 4.98 Å². The molecule has 3 rings (SSSR count). The van der Waals surface area contributed by atoms with Gasteiger partial charge in [0.1, 0.15) is 5.82 Å². The number of amides is 1. The Bertz CT molecular complexity index is 898. The molecule has 1 aromatic heterocycles. The second kappa shape index (κ2) is 6.71. The van der Waals surface area contributed by atoms with E-state index in [2.05, 4.69) is 10.3 Å². The molecule has 0 unspecified atom stereocenters. The van der Waals surface area contributed by atoms with Gasteiger partial charge in [0, 0.05) is 12.6 Å². The first-order valence-corrected chi connectivity index (χ1v) is 7.98. The Morgan fingerprint density at radius 1 is 1.25 bits per heavy atom. The van der Waals surface area contributed by atoms with Crippen molar-refractivity contribution in [2.24, 2.45) is 7.05 Å². The molecule has 1 amide bonds. The van der Waals surface area contributed by atoms with Gasteiger partial charge < -0.3 is 14.6 Å². The first-order chi connectivity index (χ1) is 11.5. The molecule has 0 spiro atoms. The molecule has 1 heterocycles. The number of benzene rings is 2. The van der Waals surface area contributed by atoms with E-state index in [4.69, 9.17) is 27.9 Å². The molecule has 0 aliphatic rings. The quantitative estimate of drug-likeness (QED) is 0.766. The molecule has 0 fully saturated rings. The number of aryl methyl sites for hydroxylation is 1. The lowest BCUT2D eigenvalue weighted by atomic mass is 10.2. The van der Waals surface area contributed by atoms with Gasteiger partial charge in [-0.1, -0.05) is 35.3 Å². The SMILES string of the molecule is COc1c(Cl)cc(C(=O)NCc2nc3ccccc3n2C)cc1Cl. The molecule has 0 bridgehead atoms. The standard InChI is InChI=1S/C17H15Cl2N3O2/c1-22-14-6-4-3-5-13(14)21-15(22)9-20-17(23)10-7-11(18)16(24-2)12(19)8-10/h3-8H,9H2,1-2H3,(H,20,23). The minimum Gasteiger partial charge on any atom is -0.494 e. The van der Waals surface area contributed by atoms with Crippen LogP contribution in [0.4, 0.5) is 0 Å². The number of methoxy groups -OCH3 is 1. The Labute approximate surface area is 149 Å². The topological polar surface area (TPSA) is 56.1 Å². The van der Waals surface area contributed by atoms with Gasteiger partial charge in [-0.2, -0.15) is 0 Å².